The minimum absolute atomic E-state index is 0.0450. The van der Waals surface area contributed by atoms with Crippen LogP contribution in [0.2, 0.25) is 0 Å². The van der Waals surface area contributed by atoms with Gasteiger partial charge in [0, 0.05) is 12.6 Å². The fraction of sp³-hybridized carbons (Fsp3) is 0.600. The molecular formula is C20H32N2O4. The van der Waals surface area contributed by atoms with E-state index in [0.29, 0.717) is 13.0 Å². The summed E-state index contributed by atoms with van der Waals surface area (Å²) in [5, 5.41) is 12.4. The Kier molecular flexibility index (Phi) is 8.08. The number of alkyl carbamates (subject to hydrolysis) is 1. The van der Waals surface area contributed by atoms with E-state index in [0.717, 1.165) is 5.56 Å². The van der Waals surface area contributed by atoms with Crippen LogP contribution in [0.5, 0.6) is 0 Å². The highest BCUT2D eigenvalue weighted by atomic mass is 16.6. The monoisotopic (exact) mass is 364 g/mol. The number of hydrogen-bond acceptors (Lipinski definition) is 4. The molecule has 0 saturated carbocycles. The van der Waals surface area contributed by atoms with Crippen LogP contribution in [-0.2, 0) is 16.0 Å². The van der Waals surface area contributed by atoms with Crippen LogP contribution in [0, 0.1) is 5.92 Å². The molecule has 0 heterocycles. The number of rotatable bonds is 8. The van der Waals surface area contributed by atoms with Crippen molar-refractivity contribution < 1.29 is 19.4 Å². The Morgan fingerprint density at radius 1 is 1.19 bits per heavy atom. The van der Waals surface area contributed by atoms with Crippen LogP contribution in [0.4, 0.5) is 4.79 Å². The number of carboxylic acid groups (broad SMARTS) is 1. The number of carbonyl (C=O) groups excluding carboxylic acids is 1. The smallest absolute Gasteiger partial charge is 0.407 e. The Morgan fingerprint density at radius 2 is 1.77 bits per heavy atom. The minimum atomic E-state index is -0.863. The Hall–Kier alpha value is -2.08. The summed E-state index contributed by atoms with van der Waals surface area (Å²) in [6, 6.07) is 8.91. The van der Waals surface area contributed by atoms with Crippen molar-refractivity contribution in [2.45, 2.75) is 58.7 Å². The van der Waals surface area contributed by atoms with E-state index in [4.69, 9.17) is 4.74 Å². The van der Waals surface area contributed by atoms with Crippen molar-refractivity contribution in [1.29, 1.82) is 0 Å². The van der Waals surface area contributed by atoms with Gasteiger partial charge >= 0.3 is 12.1 Å². The van der Waals surface area contributed by atoms with Crippen LogP contribution >= 0.6 is 0 Å². The molecule has 0 bridgehead atoms. The second-order valence-electron chi connectivity index (χ2n) is 8.00. The average Bonchev–Trinajstić information content (AvgIpc) is 2.44. The third kappa shape index (κ3) is 7.87. The van der Waals surface area contributed by atoms with E-state index in [-0.39, 0.29) is 12.0 Å². The molecule has 1 amide bonds. The van der Waals surface area contributed by atoms with Gasteiger partial charge in [-0.1, -0.05) is 44.2 Å². The van der Waals surface area contributed by atoms with Crippen LogP contribution in [0.15, 0.2) is 30.3 Å². The molecule has 0 radical (unpaired) electrons. The van der Waals surface area contributed by atoms with Gasteiger partial charge in [-0.15, -0.1) is 0 Å². The molecular weight excluding hydrogens is 332 g/mol. The molecule has 2 N–H and O–H groups in total. The largest absolute Gasteiger partial charge is 0.480 e. The maximum atomic E-state index is 12.2. The molecule has 0 aliphatic rings. The van der Waals surface area contributed by atoms with Crippen molar-refractivity contribution in [3.63, 3.8) is 0 Å². The molecule has 1 aromatic rings. The van der Waals surface area contributed by atoms with Crippen molar-refractivity contribution in [2.24, 2.45) is 5.92 Å². The first-order chi connectivity index (χ1) is 12.0. The molecule has 0 aromatic heterocycles. The van der Waals surface area contributed by atoms with Crippen LogP contribution in [-0.4, -0.2) is 53.3 Å². The van der Waals surface area contributed by atoms with Gasteiger partial charge in [0.05, 0.1) is 0 Å². The summed E-state index contributed by atoms with van der Waals surface area (Å²) in [7, 11) is 1.77. The summed E-state index contributed by atoms with van der Waals surface area (Å²) >= 11 is 0. The number of nitrogens with one attached hydrogen (secondary N) is 1. The molecule has 6 heteroatoms. The van der Waals surface area contributed by atoms with Gasteiger partial charge in [-0.25, -0.2) is 4.79 Å². The highest BCUT2D eigenvalue weighted by Crippen LogP contribution is 2.13. The van der Waals surface area contributed by atoms with E-state index >= 15 is 0 Å². The zero-order chi connectivity index (χ0) is 19.9. The lowest BCUT2D eigenvalue weighted by Crippen LogP contribution is -2.51. The number of nitrogens with zero attached hydrogens (tertiary/aromatic N) is 1. The predicted molar refractivity (Wildman–Crippen MR) is 102 cm³/mol. The Balaban J connectivity index is 2.89. The third-order valence-electron chi connectivity index (χ3n) is 3.91. The third-order valence-corrected chi connectivity index (χ3v) is 3.91. The molecule has 1 aromatic carbocycles. The standard InChI is InChI=1S/C20H32N2O4/c1-14(2)17(18(23)24)22(6)13-16(12-15-10-8-7-9-11-15)21-19(25)26-20(3,4)5/h7-11,14,16-17H,12-13H2,1-6H3,(H,21,25)(H,23,24)/t16-,17-/m0/s1. The molecule has 0 saturated heterocycles. The molecule has 0 aliphatic heterocycles. The number of benzene rings is 1. The van der Waals surface area contributed by atoms with E-state index in [2.05, 4.69) is 5.32 Å². The highest BCUT2D eigenvalue weighted by Gasteiger charge is 2.29. The summed E-state index contributed by atoms with van der Waals surface area (Å²) < 4.78 is 5.36. The van der Waals surface area contributed by atoms with Gasteiger partial charge in [-0.3, -0.25) is 9.69 Å². The van der Waals surface area contributed by atoms with E-state index in [1.165, 1.54) is 0 Å². The van der Waals surface area contributed by atoms with Gasteiger partial charge in [0.25, 0.3) is 0 Å². The van der Waals surface area contributed by atoms with Crippen molar-refractivity contribution >= 4 is 12.1 Å². The van der Waals surface area contributed by atoms with Crippen LogP contribution in [0.25, 0.3) is 0 Å². The fourth-order valence-electron chi connectivity index (χ4n) is 2.98. The highest BCUT2D eigenvalue weighted by molar-refractivity contribution is 5.73. The second kappa shape index (κ2) is 9.57. The van der Waals surface area contributed by atoms with Crippen molar-refractivity contribution in [3.05, 3.63) is 35.9 Å². The lowest BCUT2D eigenvalue weighted by molar-refractivity contribution is -0.144. The number of ether oxygens (including phenoxy) is 1. The molecule has 0 spiro atoms. The van der Waals surface area contributed by atoms with Gasteiger partial charge in [0.1, 0.15) is 11.6 Å². The lowest BCUT2D eigenvalue weighted by Gasteiger charge is -2.32. The van der Waals surface area contributed by atoms with Gasteiger partial charge in [0.2, 0.25) is 0 Å². The Bertz CT molecular complexity index is 581. The Morgan fingerprint density at radius 3 is 2.23 bits per heavy atom. The summed E-state index contributed by atoms with van der Waals surface area (Å²) in [4.78, 5) is 25.6. The number of aliphatic carboxylic acids is 1. The SMILES string of the molecule is CC(C)[C@@H](C(=O)O)N(C)C[C@H](Cc1ccccc1)NC(=O)OC(C)(C)C. The summed E-state index contributed by atoms with van der Waals surface area (Å²) in [6.45, 7) is 9.59. The van der Waals surface area contributed by atoms with Gasteiger partial charge < -0.3 is 15.2 Å². The number of likely N-dealkylation sites (N-methyl/N-ethyl adjacent to an activating group) is 1. The van der Waals surface area contributed by atoms with Crippen molar-refractivity contribution in [1.82, 2.24) is 10.2 Å². The topological polar surface area (TPSA) is 78.9 Å². The zero-order valence-corrected chi connectivity index (χ0v) is 16.7. The summed E-state index contributed by atoms with van der Waals surface area (Å²) in [5.74, 6) is -0.908. The van der Waals surface area contributed by atoms with E-state index in [1.807, 2.05) is 65.0 Å². The summed E-state index contributed by atoms with van der Waals surface area (Å²) in [5.41, 5.74) is 0.479. The maximum Gasteiger partial charge on any atom is 0.407 e. The van der Waals surface area contributed by atoms with Crippen molar-refractivity contribution in [2.75, 3.05) is 13.6 Å². The predicted octanol–water partition coefficient (Wildman–Crippen LogP) is 3.16. The molecule has 1 rings (SSSR count). The van der Waals surface area contributed by atoms with Crippen LogP contribution < -0.4 is 5.32 Å². The first-order valence-electron chi connectivity index (χ1n) is 8.96. The number of carbonyl (C=O) groups is 2. The molecule has 0 unspecified atom stereocenters. The average molecular weight is 364 g/mol. The van der Waals surface area contributed by atoms with Gasteiger partial charge in [0.15, 0.2) is 0 Å². The lowest BCUT2D eigenvalue weighted by atomic mass is 10.0. The first-order valence-corrected chi connectivity index (χ1v) is 8.96. The summed E-state index contributed by atoms with van der Waals surface area (Å²) in [6.07, 6.45) is 0.0951. The van der Waals surface area contributed by atoms with E-state index in [9.17, 15) is 14.7 Å². The zero-order valence-electron chi connectivity index (χ0n) is 16.7. The molecule has 0 fully saturated rings. The number of carboxylic acids is 1. The number of hydrogen-bond donors (Lipinski definition) is 2. The quantitative estimate of drug-likeness (QED) is 0.741. The molecule has 2 atom stereocenters. The molecule has 26 heavy (non-hydrogen) atoms. The Labute approximate surface area is 156 Å². The normalized spacial score (nSPS) is 14.2. The molecule has 0 aliphatic carbocycles. The van der Waals surface area contributed by atoms with Crippen molar-refractivity contribution in [3.8, 4) is 0 Å². The van der Waals surface area contributed by atoms with E-state index < -0.39 is 23.7 Å². The minimum Gasteiger partial charge on any atom is -0.480 e. The van der Waals surface area contributed by atoms with Gasteiger partial charge in [-0.2, -0.15) is 0 Å². The molecule has 6 nitrogen and oxygen atoms in total. The van der Waals surface area contributed by atoms with Gasteiger partial charge in [-0.05, 0) is 45.7 Å². The second-order valence-corrected chi connectivity index (χ2v) is 8.00. The van der Waals surface area contributed by atoms with Crippen LogP contribution in [0.3, 0.4) is 0 Å². The maximum absolute atomic E-state index is 12.2. The fourth-order valence-corrected chi connectivity index (χ4v) is 2.98. The van der Waals surface area contributed by atoms with E-state index in [1.54, 1.807) is 11.9 Å². The molecule has 146 valence electrons. The van der Waals surface area contributed by atoms with Crippen LogP contribution in [0.1, 0.15) is 40.2 Å². The number of amides is 1. The first kappa shape index (κ1) is 22.0.